The summed E-state index contributed by atoms with van der Waals surface area (Å²) in [4.78, 5) is 27.4. The quantitative estimate of drug-likeness (QED) is 0.393. The molecular weight excluding hydrogens is 428 g/mol. The highest BCUT2D eigenvalue weighted by molar-refractivity contribution is 6.09. The first-order valence-electron chi connectivity index (χ1n) is 11.3. The number of aryl methyl sites for hydroxylation is 1. The number of hydrogen-bond donors (Lipinski definition) is 1. The molecular formula is C28H28N2O4. The molecule has 1 heterocycles. The van der Waals surface area contributed by atoms with Crippen LogP contribution in [0.2, 0.25) is 0 Å². The summed E-state index contributed by atoms with van der Waals surface area (Å²) in [5.41, 5.74) is 4.26. The Morgan fingerprint density at radius 2 is 1.85 bits per heavy atom. The van der Waals surface area contributed by atoms with E-state index in [1.54, 1.807) is 42.4 Å². The monoisotopic (exact) mass is 456 g/mol. The van der Waals surface area contributed by atoms with E-state index in [1.807, 2.05) is 49.4 Å². The minimum Gasteiger partial charge on any atom is -0.449 e. The van der Waals surface area contributed by atoms with Crippen LogP contribution < -0.4 is 15.0 Å². The van der Waals surface area contributed by atoms with Crippen LogP contribution in [0.25, 0.3) is 6.08 Å². The largest absolute Gasteiger partial charge is 0.449 e. The maximum absolute atomic E-state index is 13.4. The molecule has 0 saturated heterocycles. The highest BCUT2D eigenvalue weighted by Gasteiger charge is 2.30. The van der Waals surface area contributed by atoms with Gasteiger partial charge in [-0.25, -0.2) is 0 Å². The van der Waals surface area contributed by atoms with Crippen molar-refractivity contribution in [1.82, 2.24) is 5.32 Å². The van der Waals surface area contributed by atoms with E-state index in [1.165, 1.54) is 0 Å². The molecule has 0 bridgehead atoms. The first-order chi connectivity index (χ1) is 16.5. The molecule has 1 aliphatic heterocycles. The second-order valence-corrected chi connectivity index (χ2v) is 8.18. The molecule has 0 fully saturated rings. The van der Waals surface area contributed by atoms with Crippen molar-refractivity contribution in [3.8, 4) is 5.75 Å². The average molecular weight is 457 g/mol. The van der Waals surface area contributed by atoms with Gasteiger partial charge in [-0.15, -0.1) is 0 Å². The van der Waals surface area contributed by atoms with Crippen molar-refractivity contribution in [2.75, 3.05) is 25.2 Å². The van der Waals surface area contributed by atoms with Gasteiger partial charge in [-0.1, -0.05) is 54.1 Å². The third-order valence-corrected chi connectivity index (χ3v) is 5.54. The number of nitrogens with one attached hydrogen (secondary N) is 1. The zero-order valence-electron chi connectivity index (χ0n) is 19.4. The zero-order valence-corrected chi connectivity index (χ0v) is 19.4. The molecule has 174 valence electrons. The van der Waals surface area contributed by atoms with E-state index in [0.29, 0.717) is 31.0 Å². The number of ether oxygens (including phenoxy) is 2. The summed E-state index contributed by atoms with van der Waals surface area (Å²) in [6, 6.07) is 22.7. The Kier molecular flexibility index (Phi) is 7.40. The minimum atomic E-state index is -0.208. The molecule has 2 amide bonds. The van der Waals surface area contributed by atoms with E-state index in [4.69, 9.17) is 9.47 Å². The van der Waals surface area contributed by atoms with Crippen molar-refractivity contribution >= 4 is 23.6 Å². The molecule has 0 aromatic heterocycles. The number of carbonyl (C=O) groups is 2. The maximum Gasteiger partial charge on any atom is 0.294 e. The highest BCUT2D eigenvalue weighted by Crippen LogP contribution is 2.36. The van der Waals surface area contributed by atoms with Gasteiger partial charge < -0.3 is 14.8 Å². The van der Waals surface area contributed by atoms with E-state index in [9.17, 15) is 9.59 Å². The smallest absolute Gasteiger partial charge is 0.294 e. The van der Waals surface area contributed by atoms with Gasteiger partial charge in [0.25, 0.3) is 11.8 Å². The van der Waals surface area contributed by atoms with Gasteiger partial charge >= 0.3 is 0 Å². The van der Waals surface area contributed by atoms with E-state index < -0.39 is 0 Å². The number of carbonyl (C=O) groups excluding carboxylic acids is 2. The number of nitrogens with zero attached hydrogens (tertiary/aromatic N) is 1. The number of amides is 2. The minimum absolute atomic E-state index is 0.140. The van der Waals surface area contributed by atoms with Crippen LogP contribution in [0.3, 0.4) is 0 Å². The van der Waals surface area contributed by atoms with Gasteiger partial charge in [0.05, 0.1) is 12.2 Å². The van der Waals surface area contributed by atoms with Gasteiger partial charge in [0.1, 0.15) is 0 Å². The van der Waals surface area contributed by atoms with E-state index in [0.717, 1.165) is 28.8 Å². The Labute approximate surface area is 199 Å². The normalized spacial score (nSPS) is 14.0. The van der Waals surface area contributed by atoms with Crippen LogP contribution in [0.15, 0.2) is 78.6 Å². The van der Waals surface area contributed by atoms with Gasteiger partial charge in [0, 0.05) is 25.8 Å². The summed E-state index contributed by atoms with van der Waals surface area (Å²) in [6.07, 6.45) is 2.47. The number of anilines is 1. The standard InChI is InChI=1S/C28H28N2O4/c1-20-7-5-8-22(17-20)19-30-24-9-3-4-10-25(24)34-26(28(30)32)18-21-11-13-23(14-12-21)27(31)29-15-6-16-33-2/h3-5,7-14,17-18H,6,15-16,19H2,1-2H3,(H,29,31). The molecule has 1 aliphatic rings. The summed E-state index contributed by atoms with van der Waals surface area (Å²) in [7, 11) is 1.64. The van der Waals surface area contributed by atoms with Crippen LogP contribution >= 0.6 is 0 Å². The Morgan fingerprint density at radius 1 is 1.06 bits per heavy atom. The van der Waals surface area contributed by atoms with E-state index in [-0.39, 0.29) is 17.6 Å². The lowest BCUT2D eigenvalue weighted by atomic mass is 10.1. The van der Waals surface area contributed by atoms with Gasteiger partial charge in [0.2, 0.25) is 0 Å². The van der Waals surface area contributed by atoms with Gasteiger partial charge in [-0.05, 0) is 54.8 Å². The molecule has 3 aromatic rings. The number of hydrogen-bond acceptors (Lipinski definition) is 4. The zero-order chi connectivity index (χ0) is 23.9. The second-order valence-electron chi connectivity index (χ2n) is 8.18. The fraction of sp³-hybridized carbons (Fsp3) is 0.214. The summed E-state index contributed by atoms with van der Waals surface area (Å²) in [6.45, 7) is 3.63. The molecule has 0 saturated carbocycles. The van der Waals surface area contributed by atoms with Crippen molar-refractivity contribution in [3.63, 3.8) is 0 Å². The van der Waals surface area contributed by atoms with Gasteiger partial charge in [0.15, 0.2) is 11.5 Å². The number of methoxy groups -OCH3 is 1. The Bertz CT molecular complexity index is 1200. The van der Waals surface area contributed by atoms with E-state index in [2.05, 4.69) is 11.4 Å². The molecule has 6 heteroatoms. The Morgan fingerprint density at radius 3 is 2.62 bits per heavy atom. The summed E-state index contributed by atoms with van der Waals surface area (Å²) in [5.74, 6) is 0.523. The number of fused-ring (bicyclic) bond motifs is 1. The molecule has 0 spiro atoms. The Balaban J connectivity index is 1.54. The van der Waals surface area contributed by atoms with Crippen molar-refractivity contribution in [2.24, 2.45) is 0 Å². The molecule has 34 heavy (non-hydrogen) atoms. The molecule has 0 unspecified atom stereocenters. The maximum atomic E-state index is 13.4. The molecule has 0 radical (unpaired) electrons. The fourth-order valence-corrected chi connectivity index (χ4v) is 3.81. The summed E-state index contributed by atoms with van der Waals surface area (Å²) < 4.78 is 11.0. The van der Waals surface area contributed by atoms with Crippen LogP contribution in [0, 0.1) is 6.92 Å². The first-order valence-corrected chi connectivity index (χ1v) is 11.3. The van der Waals surface area contributed by atoms with E-state index >= 15 is 0 Å². The summed E-state index contributed by atoms with van der Waals surface area (Å²) in [5, 5.41) is 2.87. The lowest BCUT2D eigenvalue weighted by Crippen LogP contribution is -2.36. The van der Waals surface area contributed by atoms with Gasteiger partial charge in [-0.2, -0.15) is 0 Å². The molecule has 3 aromatic carbocycles. The molecule has 0 atom stereocenters. The average Bonchev–Trinajstić information content (AvgIpc) is 2.85. The third-order valence-electron chi connectivity index (χ3n) is 5.54. The third kappa shape index (κ3) is 5.53. The van der Waals surface area contributed by atoms with Crippen LogP contribution in [0.1, 0.15) is 33.5 Å². The van der Waals surface area contributed by atoms with Crippen LogP contribution in [0.5, 0.6) is 5.75 Å². The van der Waals surface area contributed by atoms with Crippen molar-refractivity contribution in [1.29, 1.82) is 0 Å². The van der Waals surface area contributed by atoms with Crippen LogP contribution in [0.4, 0.5) is 5.69 Å². The SMILES string of the molecule is COCCCNC(=O)c1ccc(C=C2Oc3ccccc3N(Cc3cccc(C)c3)C2=O)cc1. The molecule has 4 rings (SSSR count). The highest BCUT2D eigenvalue weighted by atomic mass is 16.5. The molecule has 6 nitrogen and oxygen atoms in total. The van der Waals surface area contributed by atoms with Crippen molar-refractivity contribution < 1.29 is 19.1 Å². The lowest BCUT2D eigenvalue weighted by Gasteiger charge is -2.30. The molecule has 1 N–H and O–H groups in total. The number of benzene rings is 3. The lowest BCUT2D eigenvalue weighted by molar-refractivity contribution is -0.117. The second kappa shape index (κ2) is 10.8. The molecule has 0 aliphatic carbocycles. The topological polar surface area (TPSA) is 67.9 Å². The van der Waals surface area contributed by atoms with Crippen molar-refractivity contribution in [3.05, 3.63) is 101 Å². The summed E-state index contributed by atoms with van der Waals surface area (Å²) >= 11 is 0. The number of para-hydroxylation sites is 2. The fourth-order valence-electron chi connectivity index (χ4n) is 3.81. The van der Waals surface area contributed by atoms with Crippen LogP contribution in [-0.4, -0.2) is 32.1 Å². The van der Waals surface area contributed by atoms with Crippen molar-refractivity contribution in [2.45, 2.75) is 19.9 Å². The predicted octanol–water partition coefficient (Wildman–Crippen LogP) is 4.73. The first kappa shape index (κ1) is 23.3. The van der Waals surface area contributed by atoms with Crippen LogP contribution in [-0.2, 0) is 16.1 Å². The predicted molar refractivity (Wildman–Crippen MR) is 133 cm³/mol. The van der Waals surface area contributed by atoms with Gasteiger partial charge in [-0.3, -0.25) is 14.5 Å². The Hall–Kier alpha value is -3.90. The number of rotatable bonds is 8.